The van der Waals surface area contributed by atoms with Gasteiger partial charge in [0.05, 0.1) is 6.61 Å². The molecular weight excluding hydrogens is 224 g/mol. The maximum atomic E-state index is 11.4. The fourth-order valence-electron chi connectivity index (χ4n) is 1.61. The number of ether oxygens (including phenoxy) is 1. The van der Waals surface area contributed by atoms with Gasteiger partial charge in [0.1, 0.15) is 11.5 Å². The Kier molecular flexibility index (Phi) is 4.94. The minimum Gasteiger partial charge on any atom is -0.493 e. The molecule has 0 spiro atoms. The molecule has 0 bridgehead atoms. The van der Waals surface area contributed by atoms with Crippen molar-refractivity contribution in [2.75, 3.05) is 6.61 Å². The summed E-state index contributed by atoms with van der Waals surface area (Å²) < 4.78 is 5.57. The average Bonchev–Trinajstić information content (AvgIpc) is 2.28. The van der Waals surface area contributed by atoms with Crippen molar-refractivity contribution in [1.82, 2.24) is 0 Å². The minimum absolute atomic E-state index is 0.0943. The summed E-state index contributed by atoms with van der Waals surface area (Å²) in [6, 6.07) is 8.11. The highest BCUT2D eigenvalue weighted by Gasteiger charge is 2.13. The van der Waals surface area contributed by atoms with Crippen molar-refractivity contribution in [3.05, 3.63) is 29.8 Å². The smallest absolute Gasteiger partial charge is 0.138 e. The SMILES string of the molecule is CC(C)C(=O)CCOc1ccc(C(C)(C)C)cc1. The standard InChI is InChI=1S/C16H24O2/c1-12(2)15(17)10-11-18-14-8-6-13(7-9-14)16(3,4)5/h6-9,12H,10-11H2,1-5H3. The average molecular weight is 248 g/mol. The predicted molar refractivity (Wildman–Crippen MR) is 75.1 cm³/mol. The molecule has 0 aliphatic rings. The van der Waals surface area contributed by atoms with E-state index in [4.69, 9.17) is 4.74 Å². The van der Waals surface area contributed by atoms with Crippen molar-refractivity contribution in [2.45, 2.75) is 46.5 Å². The van der Waals surface area contributed by atoms with Crippen LogP contribution in [0.25, 0.3) is 0 Å². The van der Waals surface area contributed by atoms with Crippen LogP contribution in [0.3, 0.4) is 0 Å². The third-order valence-corrected chi connectivity index (χ3v) is 2.98. The number of carbonyl (C=O) groups excluding carboxylic acids is 1. The van der Waals surface area contributed by atoms with E-state index in [9.17, 15) is 4.79 Å². The first-order valence-corrected chi connectivity index (χ1v) is 6.57. The highest BCUT2D eigenvalue weighted by Crippen LogP contribution is 2.24. The second kappa shape index (κ2) is 6.03. The van der Waals surface area contributed by atoms with Crippen molar-refractivity contribution in [3.8, 4) is 5.75 Å². The molecule has 0 unspecified atom stereocenters. The van der Waals surface area contributed by atoms with Gasteiger partial charge in [-0.2, -0.15) is 0 Å². The lowest BCUT2D eigenvalue weighted by Gasteiger charge is -2.19. The highest BCUT2D eigenvalue weighted by atomic mass is 16.5. The Balaban J connectivity index is 2.47. The largest absolute Gasteiger partial charge is 0.493 e. The summed E-state index contributed by atoms with van der Waals surface area (Å²) in [4.78, 5) is 11.4. The second-order valence-corrected chi connectivity index (χ2v) is 5.99. The van der Waals surface area contributed by atoms with E-state index in [1.165, 1.54) is 5.56 Å². The first-order chi connectivity index (χ1) is 8.30. The lowest BCUT2D eigenvalue weighted by molar-refractivity contribution is -0.122. The van der Waals surface area contributed by atoms with E-state index < -0.39 is 0 Å². The predicted octanol–water partition coefficient (Wildman–Crippen LogP) is 3.98. The van der Waals surface area contributed by atoms with Crippen LogP contribution in [0.1, 0.15) is 46.6 Å². The zero-order valence-corrected chi connectivity index (χ0v) is 12.1. The summed E-state index contributed by atoms with van der Waals surface area (Å²) in [6.07, 6.45) is 0.485. The van der Waals surface area contributed by atoms with Crippen molar-refractivity contribution >= 4 is 5.78 Å². The topological polar surface area (TPSA) is 26.3 Å². The van der Waals surface area contributed by atoms with Gasteiger partial charge in [0.25, 0.3) is 0 Å². The Labute approximate surface area is 110 Å². The number of hydrogen-bond acceptors (Lipinski definition) is 2. The van der Waals surface area contributed by atoms with E-state index in [-0.39, 0.29) is 17.1 Å². The van der Waals surface area contributed by atoms with Gasteiger partial charge in [-0.05, 0) is 23.1 Å². The summed E-state index contributed by atoms with van der Waals surface area (Å²) in [6.45, 7) is 10.9. The van der Waals surface area contributed by atoms with Crippen LogP contribution in [0.2, 0.25) is 0 Å². The molecule has 1 aromatic rings. The fraction of sp³-hybridized carbons (Fsp3) is 0.562. The van der Waals surface area contributed by atoms with E-state index in [0.717, 1.165) is 5.75 Å². The molecule has 18 heavy (non-hydrogen) atoms. The monoisotopic (exact) mass is 248 g/mol. The molecule has 1 rings (SSSR count). The van der Waals surface area contributed by atoms with Gasteiger partial charge in [0.2, 0.25) is 0 Å². The van der Waals surface area contributed by atoms with Crippen molar-refractivity contribution < 1.29 is 9.53 Å². The lowest BCUT2D eigenvalue weighted by Crippen LogP contribution is -2.12. The summed E-state index contributed by atoms with van der Waals surface area (Å²) >= 11 is 0. The molecule has 0 amide bonds. The highest BCUT2D eigenvalue weighted by molar-refractivity contribution is 5.80. The Morgan fingerprint density at radius 1 is 1.17 bits per heavy atom. The molecule has 0 saturated carbocycles. The van der Waals surface area contributed by atoms with E-state index >= 15 is 0 Å². The summed E-state index contributed by atoms with van der Waals surface area (Å²) in [5, 5.41) is 0. The molecule has 0 atom stereocenters. The molecule has 0 aromatic heterocycles. The Hall–Kier alpha value is -1.31. The molecule has 100 valence electrons. The van der Waals surface area contributed by atoms with Crippen LogP contribution in [0.15, 0.2) is 24.3 Å². The third kappa shape index (κ3) is 4.52. The van der Waals surface area contributed by atoms with E-state index in [1.807, 2.05) is 26.0 Å². The van der Waals surface area contributed by atoms with Gasteiger partial charge in [0.15, 0.2) is 0 Å². The number of Topliss-reactive ketones (excluding diaryl/α,β-unsaturated/α-hetero) is 1. The minimum atomic E-state index is 0.0943. The lowest BCUT2D eigenvalue weighted by atomic mass is 9.87. The summed E-state index contributed by atoms with van der Waals surface area (Å²) in [7, 11) is 0. The van der Waals surface area contributed by atoms with Gasteiger partial charge >= 0.3 is 0 Å². The summed E-state index contributed by atoms with van der Waals surface area (Å²) in [5.74, 6) is 1.18. The van der Waals surface area contributed by atoms with Gasteiger partial charge in [-0.1, -0.05) is 46.8 Å². The maximum Gasteiger partial charge on any atom is 0.138 e. The molecule has 0 aliphatic carbocycles. The number of benzene rings is 1. The van der Waals surface area contributed by atoms with E-state index in [2.05, 4.69) is 32.9 Å². The third-order valence-electron chi connectivity index (χ3n) is 2.98. The molecule has 0 saturated heterocycles. The van der Waals surface area contributed by atoms with E-state index in [1.54, 1.807) is 0 Å². The van der Waals surface area contributed by atoms with Crippen molar-refractivity contribution in [1.29, 1.82) is 0 Å². The quantitative estimate of drug-likeness (QED) is 0.788. The Bertz CT molecular complexity index is 383. The van der Waals surface area contributed by atoms with Crippen LogP contribution in [0.4, 0.5) is 0 Å². The number of ketones is 1. The second-order valence-electron chi connectivity index (χ2n) is 5.99. The maximum absolute atomic E-state index is 11.4. The molecule has 0 fully saturated rings. The van der Waals surface area contributed by atoms with Gasteiger partial charge < -0.3 is 4.74 Å². The van der Waals surface area contributed by atoms with Crippen LogP contribution < -0.4 is 4.74 Å². The molecule has 0 N–H and O–H groups in total. The molecular formula is C16H24O2. The van der Waals surface area contributed by atoms with Gasteiger partial charge in [0, 0.05) is 12.3 Å². The number of carbonyl (C=O) groups is 1. The molecule has 0 radical (unpaired) electrons. The van der Waals surface area contributed by atoms with Crippen LogP contribution in [0.5, 0.6) is 5.75 Å². The Morgan fingerprint density at radius 2 is 1.72 bits per heavy atom. The van der Waals surface area contributed by atoms with Crippen molar-refractivity contribution in [2.24, 2.45) is 5.92 Å². The van der Waals surface area contributed by atoms with Gasteiger partial charge in [-0.15, -0.1) is 0 Å². The Morgan fingerprint density at radius 3 is 2.17 bits per heavy atom. The van der Waals surface area contributed by atoms with Gasteiger partial charge in [-0.25, -0.2) is 0 Å². The van der Waals surface area contributed by atoms with E-state index in [0.29, 0.717) is 13.0 Å². The first-order valence-electron chi connectivity index (χ1n) is 6.57. The van der Waals surface area contributed by atoms with Crippen LogP contribution in [0, 0.1) is 5.92 Å². The number of hydrogen-bond donors (Lipinski definition) is 0. The zero-order chi connectivity index (χ0) is 13.8. The molecule has 2 nitrogen and oxygen atoms in total. The van der Waals surface area contributed by atoms with Crippen LogP contribution >= 0.6 is 0 Å². The number of rotatable bonds is 5. The molecule has 0 heterocycles. The fourth-order valence-corrected chi connectivity index (χ4v) is 1.61. The molecule has 1 aromatic carbocycles. The van der Waals surface area contributed by atoms with Crippen molar-refractivity contribution in [3.63, 3.8) is 0 Å². The normalized spacial score (nSPS) is 11.7. The van der Waals surface area contributed by atoms with Crippen LogP contribution in [-0.2, 0) is 10.2 Å². The zero-order valence-electron chi connectivity index (χ0n) is 12.1. The summed E-state index contributed by atoms with van der Waals surface area (Å²) in [5.41, 5.74) is 1.44. The van der Waals surface area contributed by atoms with Gasteiger partial charge in [-0.3, -0.25) is 4.79 Å². The van der Waals surface area contributed by atoms with Crippen LogP contribution in [-0.4, -0.2) is 12.4 Å². The molecule has 0 aliphatic heterocycles. The molecule has 2 heteroatoms. The first kappa shape index (κ1) is 14.7.